The van der Waals surface area contributed by atoms with Gasteiger partial charge in [-0.2, -0.15) is 20.2 Å². The van der Waals surface area contributed by atoms with E-state index >= 15 is 0 Å². The highest BCUT2D eigenvalue weighted by Gasteiger charge is 2.33. The number of carbonyl (C=O) groups is 3. The van der Waals surface area contributed by atoms with Crippen molar-refractivity contribution in [2.75, 3.05) is 50.2 Å². The topological polar surface area (TPSA) is 283 Å². The third-order valence-electron chi connectivity index (χ3n) is 14.3. The highest BCUT2D eigenvalue weighted by atomic mass is 35.5. The molecule has 0 saturated carbocycles. The minimum Gasteiger partial charge on any atom is -0.378 e. The van der Waals surface area contributed by atoms with Crippen LogP contribution in [0.4, 0.5) is 23.3 Å². The molecule has 82 heavy (non-hydrogen) atoms. The molecule has 12 rings (SSSR count). The first-order valence-corrected chi connectivity index (χ1v) is 27.1. The van der Waals surface area contributed by atoms with Crippen LogP contribution in [0.25, 0.3) is 22.8 Å². The van der Waals surface area contributed by atoms with Crippen LogP contribution in [0.3, 0.4) is 0 Å². The molecular weight excluding hydrogens is 1070 g/mol. The highest BCUT2D eigenvalue weighted by Crippen LogP contribution is 2.37. The Labute approximate surface area is 480 Å². The number of anilines is 4. The molecule has 6 aromatic heterocycles. The van der Waals surface area contributed by atoms with Gasteiger partial charge in [0.2, 0.25) is 11.9 Å². The van der Waals surface area contributed by atoms with E-state index in [1.807, 2.05) is 80.2 Å². The van der Waals surface area contributed by atoms with Crippen molar-refractivity contribution < 1.29 is 23.9 Å². The minimum absolute atomic E-state index is 0. The van der Waals surface area contributed by atoms with Gasteiger partial charge in [0, 0.05) is 63.5 Å². The number of carbonyl (C=O) groups excluding carboxylic acids is 3. The van der Waals surface area contributed by atoms with E-state index in [0.29, 0.717) is 67.0 Å². The largest absolute Gasteiger partial charge is 0.378 e. The average Bonchev–Trinajstić information content (AvgIpc) is 4.39. The van der Waals surface area contributed by atoms with Crippen LogP contribution < -0.4 is 16.0 Å². The number of ether oxygens (including phenoxy) is 2. The Morgan fingerprint density at radius 3 is 1.61 bits per heavy atom. The number of aryl methyl sites for hydroxylation is 2. The van der Waals surface area contributed by atoms with E-state index in [9.17, 15) is 14.4 Å². The molecule has 0 amide bonds. The molecule has 8 aromatic rings. The second-order valence-electron chi connectivity index (χ2n) is 22.7. The number of Topliss-reactive ketones (excluding diaryl/α,β-unsaturated/α-hetero) is 3. The van der Waals surface area contributed by atoms with E-state index in [1.54, 1.807) is 43.5 Å². The number of fused-ring (bicyclic) bond motifs is 2. The van der Waals surface area contributed by atoms with Crippen molar-refractivity contribution in [3.8, 4) is 22.8 Å². The van der Waals surface area contributed by atoms with Gasteiger partial charge >= 0.3 is 0 Å². The lowest BCUT2D eigenvalue weighted by molar-refractivity contribution is -0.140. The molecule has 10 heterocycles. The fourth-order valence-corrected chi connectivity index (χ4v) is 9.68. The van der Waals surface area contributed by atoms with Crippen molar-refractivity contribution >= 4 is 53.0 Å². The lowest BCUT2D eigenvalue weighted by Crippen LogP contribution is -2.48. The van der Waals surface area contributed by atoms with Gasteiger partial charge in [-0.05, 0) is 114 Å². The maximum atomic E-state index is 13.3. The fraction of sp³-hybridized carbons (Fsp3) is 0.446. The van der Waals surface area contributed by atoms with Crippen LogP contribution in [0.2, 0.25) is 0 Å². The molecule has 25 nitrogen and oxygen atoms in total. The molecule has 0 aliphatic carbocycles. The second kappa shape index (κ2) is 25.4. The molecule has 2 aromatic carbocycles. The summed E-state index contributed by atoms with van der Waals surface area (Å²) in [6.45, 7) is 17.6. The number of benzene rings is 2. The van der Waals surface area contributed by atoms with Crippen LogP contribution in [-0.2, 0) is 52.5 Å². The van der Waals surface area contributed by atoms with Gasteiger partial charge in [-0.25, -0.2) is 29.3 Å². The summed E-state index contributed by atoms with van der Waals surface area (Å²) >= 11 is 0. The summed E-state index contributed by atoms with van der Waals surface area (Å²) in [6.07, 6.45) is 16.2. The third kappa shape index (κ3) is 14.5. The summed E-state index contributed by atoms with van der Waals surface area (Å²) in [5.74, 6) is 2.47. The Hall–Kier alpha value is -8.10. The van der Waals surface area contributed by atoms with Gasteiger partial charge in [-0.3, -0.25) is 28.6 Å². The van der Waals surface area contributed by atoms with Crippen molar-refractivity contribution in [1.82, 2.24) is 89.7 Å². The summed E-state index contributed by atoms with van der Waals surface area (Å²) in [5, 5.41) is 34.8. The number of rotatable bonds is 13. The predicted molar refractivity (Wildman–Crippen MR) is 306 cm³/mol. The van der Waals surface area contributed by atoms with Crippen LogP contribution >= 0.6 is 12.4 Å². The molecule has 2 saturated heterocycles. The first-order chi connectivity index (χ1) is 38.9. The Morgan fingerprint density at radius 1 is 0.671 bits per heavy atom. The number of nitrogens with zero attached hydrogens (tertiary/aromatic N) is 17. The Bertz CT molecular complexity index is 3510. The van der Waals surface area contributed by atoms with Crippen molar-refractivity contribution in [3.63, 3.8) is 0 Å². The molecule has 3 N–H and O–H groups in total. The number of halogens is 1. The van der Waals surface area contributed by atoms with Crippen LogP contribution in [0, 0.1) is 0 Å². The van der Waals surface area contributed by atoms with E-state index in [1.165, 1.54) is 29.3 Å². The minimum atomic E-state index is -0.232. The molecule has 0 bridgehead atoms. The van der Waals surface area contributed by atoms with E-state index < -0.39 is 0 Å². The Balaban J connectivity index is 0.000000181. The van der Waals surface area contributed by atoms with Crippen LogP contribution in [0.1, 0.15) is 122 Å². The number of hydrogen-bond acceptors (Lipinski definition) is 21. The molecule has 2 fully saturated rings. The molecule has 0 spiro atoms. The van der Waals surface area contributed by atoms with Crippen LogP contribution in [0.15, 0.2) is 86.2 Å². The summed E-state index contributed by atoms with van der Waals surface area (Å²) in [4.78, 5) is 65.2. The SMILES string of the molecule is Cl.Cn1cc(Nc2ncnc(-c3ccc4c(c3)CN(C3COC3)CC[C@H]4CC(=O)c3cn(C(C)(C)C)nn3)n2)cn1.Cn1cc(Nc2ncnc(-c3ccc4c(c3)CNCC[C@H]4CC(=O)c3cn(C(C)(C)C)nn3)n2)cn1.O=C1COC1. The number of ketones is 3. The highest BCUT2D eigenvalue weighted by molar-refractivity contribution is 5.95. The van der Waals surface area contributed by atoms with Gasteiger partial charge in [0.15, 0.2) is 29.0 Å². The molecule has 2 atom stereocenters. The average molecular weight is 1140 g/mol. The summed E-state index contributed by atoms with van der Waals surface area (Å²) < 4.78 is 16.9. The maximum Gasteiger partial charge on any atom is 0.230 e. The first kappa shape index (κ1) is 58.6. The van der Waals surface area contributed by atoms with Crippen molar-refractivity contribution in [2.45, 2.75) is 109 Å². The molecule has 430 valence electrons. The second-order valence-corrected chi connectivity index (χ2v) is 22.7. The monoisotopic (exact) mass is 1140 g/mol. The smallest absolute Gasteiger partial charge is 0.230 e. The number of nitrogens with one attached hydrogen (secondary N) is 3. The number of aromatic nitrogens is 16. The van der Waals surface area contributed by atoms with Crippen molar-refractivity contribution in [1.29, 1.82) is 0 Å². The lowest BCUT2D eigenvalue weighted by atomic mass is 9.87. The van der Waals surface area contributed by atoms with Gasteiger partial charge in [0.25, 0.3) is 0 Å². The van der Waals surface area contributed by atoms with Crippen LogP contribution in [0.5, 0.6) is 0 Å². The third-order valence-corrected chi connectivity index (χ3v) is 14.3. The molecule has 26 heteroatoms. The van der Waals surface area contributed by atoms with Gasteiger partial charge in [0.05, 0.1) is 66.5 Å². The van der Waals surface area contributed by atoms with E-state index in [-0.39, 0.29) is 52.7 Å². The standard InChI is InChI=1S/C28H34N10O2.C25H30N10O.C3H4O2.ClH/c1-28(2,3)38-14-24(34-35-38)25(39)10-18-7-8-37(22-15-40-16-22)12-20-9-19(5-6-23(18)20)26-29-17-30-27(33-26)32-21-11-31-36(4)13-21;1-25(2,3)35-14-21(32-33-35)22(36)10-16-7-8-26-11-18-9-17(5-6-20(16)18)23-27-15-28-24(31-23)30-19-12-29-34(4)13-19;4-3-1-5-2-3;/h5-6,9,11,13-14,17-18,22H,7-8,10,12,15-16H2,1-4H3,(H,29,30,32,33);5-6,9,12-16,26H,7-8,10-11H2,1-4H3,(H,27,28,30,31);1-2H2;1H/t18-;16-;;/m00../s1. The Morgan fingerprint density at radius 2 is 1.17 bits per heavy atom. The molecule has 0 radical (unpaired) electrons. The summed E-state index contributed by atoms with van der Waals surface area (Å²) in [7, 11) is 3.71. The zero-order valence-electron chi connectivity index (χ0n) is 47.4. The van der Waals surface area contributed by atoms with Crippen molar-refractivity contribution in [2.24, 2.45) is 14.1 Å². The first-order valence-electron chi connectivity index (χ1n) is 27.1. The van der Waals surface area contributed by atoms with E-state index in [0.717, 1.165) is 80.3 Å². The summed E-state index contributed by atoms with van der Waals surface area (Å²) in [6, 6.07) is 12.9. The number of hydrogen-bond donors (Lipinski definition) is 3. The van der Waals surface area contributed by atoms with Gasteiger partial charge in [-0.1, -0.05) is 34.7 Å². The normalized spacial score (nSPS) is 17.1. The molecular formula is C56H69ClN20O5. The molecule has 0 unspecified atom stereocenters. The van der Waals surface area contributed by atoms with Gasteiger partial charge in [-0.15, -0.1) is 22.6 Å². The van der Waals surface area contributed by atoms with E-state index in [4.69, 9.17) is 4.74 Å². The Kier molecular flexibility index (Phi) is 18.1. The fourth-order valence-electron chi connectivity index (χ4n) is 9.68. The summed E-state index contributed by atoms with van der Waals surface area (Å²) in [5.41, 5.74) is 8.46. The molecule has 4 aliphatic heterocycles. The van der Waals surface area contributed by atoms with Gasteiger partial charge < -0.3 is 25.4 Å². The van der Waals surface area contributed by atoms with Gasteiger partial charge in [0.1, 0.15) is 37.3 Å². The predicted octanol–water partition coefficient (Wildman–Crippen LogP) is 6.54. The van der Waals surface area contributed by atoms with Crippen molar-refractivity contribution in [3.05, 3.63) is 120 Å². The lowest BCUT2D eigenvalue weighted by Gasteiger charge is -2.36. The quantitative estimate of drug-likeness (QED) is 0.103. The van der Waals surface area contributed by atoms with Crippen LogP contribution in [-0.4, -0.2) is 147 Å². The maximum absolute atomic E-state index is 13.3. The van der Waals surface area contributed by atoms with E-state index in [2.05, 4.69) is 111 Å². The zero-order chi connectivity index (χ0) is 56.8. The zero-order valence-corrected chi connectivity index (χ0v) is 48.2. The molecule has 4 aliphatic rings.